The van der Waals surface area contributed by atoms with Crippen molar-refractivity contribution in [3.05, 3.63) is 47.9 Å². The zero-order chi connectivity index (χ0) is 24.8. The van der Waals surface area contributed by atoms with Crippen molar-refractivity contribution < 1.29 is 9.53 Å². The summed E-state index contributed by atoms with van der Waals surface area (Å²) in [6.45, 7) is 6.97. The van der Waals surface area contributed by atoms with Crippen LogP contribution < -0.4 is 16.4 Å². The molecule has 1 aliphatic rings. The SMILES string of the molecule is CCc1cnn2c(NCc3cccnc3)cc(N[C@H]3CCCC[C@H]3COC(=O)[C@H](N)C(C)C)nc12. The van der Waals surface area contributed by atoms with Crippen LogP contribution in [0.4, 0.5) is 11.6 Å². The van der Waals surface area contributed by atoms with E-state index in [4.69, 9.17) is 15.5 Å². The molecule has 4 N–H and O–H groups in total. The van der Waals surface area contributed by atoms with Crippen molar-refractivity contribution in [1.29, 1.82) is 0 Å². The van der Waals surface area contributed by atoms with Crippen molar-refractivity contribution >= 4 is 23.3 Å². The molecule has 3 aromatic rings. The number of anilines is 2. The van der Waals surface area contributed by atoms with Gasteiger partial charge in [0, 0.05) is 42.5 Å². The first kappa shape index (κ1) is 24.9. The highest BCUT2D eigenvalue weighted by atomic mass is 16.5. The molecule has 0 saturated heterocycles. The number of rotatable bonds is 10. The summed E-state index contributed by atoms with van der Waals surface area (Å²) in [6, 6.07) is 5.55. The topological polar surface area (TPSA) is 119 Å². The van der Waals surface area contributed by atoms with E-state index >= 15 is 0 Å². The molecule has 0 radical (unpaired) electrons. The lowest BCUT2D eigenvalue weighted by molar-refractivity contribution is -0.148. The number of esters is 1. The van der Waals surface area contributed by atoms with Crippen molar-refractivity contribution in [3.63, 3.8) is 0 Å². The first-order chi connectivity index (χ1) is 17.0. The molecular weight excluding hydrogens is 442 g/mol. The molecule has 9 nitrogen and oxygen atoms in total. The maximum Gasteiger partial charge on any atom is 0.323 e. The van der Waals surface area contributed by atoms with Gasteiger partial charge in [0.1, 0.15) is 17.7 Å². The van der Waals surface area contributed by atoms with Crippen LogP contribution in [0.5, 0.6) is 0 Å². The number of carbonyl (C=O) groups is 1. The molecule has 1 saturated carbocycles. The van der Waals surface area contributed by atoms with Crippen LogP contribution in [0.3, 0.4) is 0 Å². The number of pyridine rings is 1. The summed E-state index contributed by atoms with van der Waals surface area (Å²) in [7, 11) is 0. The van der Waals surface area contributed by atoms with Gasteiger partial charge in [-0.15, -0.1) is 0 Å². The predicted molar refractivity (Wildman–Crippen MR) is 137 cm³/mol. The first-order valence-electron chi connectivity index (χ1n) is 12.7. The fourth-order valence-corrected chi connectivity index (χ4v) is 4.50. The lowest BCUT2D eigenvalue weighted by Crippen LogP contribution is -2.40. The van der Waals surface area contributed by atoms with Crippen molar-refractivity contribution in [2.45, 2.75) is 71.5 Å². The smallest absolute Gasteiger partial charge is 0.323 e. The Balaban J connectivity index is 1.52. The number of nitrogens with two attached hydrogens (primary N) is 1. The van der Waals surface area contributed by atoms with Crippen LogP contribution in [-0.4, -0.2) is 44.2 Å². The average Bonchev–Trinajstić information content (AvgIpc) is 3.29. The second-order valence-electron chi connectivity index (χ2n) is 9.70. The van der Waals surface area contributed by atoms with E-state index in [0.717, 1.165) is 60.5 Å². The number of hydrogen-bond donors (Lipinski definition) is 3. The van der Waals surface area contributed by atoms with Gasteiger partial charge in [-0.2, -0.15) is 9.61 Å². The zero-order valence-electron chi connectivity index (χ0n) is 20.9. The van der Waals surface area contributed by atoms with E-state index in [1.54, 1.807) is 6.20 Å². The van der Waals surface area contributed by atoms with E-state index in [1.807, 2.05) is 49.0 Å². The molecule has 3 atom stereocenters. The van der Waals surface area contributed by atoms with Gasteiger partial charge in [0.15, 0.2) is 5.65 Å². The Hall–Kier alpha value is -3.20. The van der Waals surface area contributed by atoms with Gasteiger partial charge < -0.3 is 21.1 Å². The van der Waals surface area contributed by atoms with Gasteiger partial charge in [-0.1, -0.05) is 39.7 Å². The van der Waals surface area contributed by atoms with E-state index < -0.39 is 6.04 Å². The number of aryl methyl sites for hydroxylation is 1. The van der Waals surface area contributed by atoms with E-state index in [1.165, 1.54) is 0 Å². The fourth-order valence-electron chi connectivity index (χ4n) is 4.50. The van der Waals surface area contributed by atoms with Crippen LogP contribution in [0.2, 0.25) is 0 Å². The summed E-state index contributed by atoms with van der Waals surface area (Å²) < 4.78 is 7.48. The molecule has 9 heteroatoms. The van der Waals surface area contributed by atoms with Crippen LogP contribution in [0.1, 0.15) is 57.6 Å². The van der Waals surface area contributed by atoms with Crippen molar-refractivity contribution in [3.8, 4) is 0 Å². The minimum Gasteiger partial charge on any atom is -0.464 e. The Labute approximate surface area is 206 Å². The number of nitrogens with zero attached hydrogens (tertiary/aromatic N) is 4. The highest BCUT2D eigenvalue weighted by molar-refractivity contribution is 5.75. The highest BCUT2D eigenvalue weighted by Crippen LogP contribution is 2.29. The van der Waals surface area contributed by atoms with Crippen LogP contribution in [0.25, 0.3) is 5.65 Å². The third-order valence-electron chi connectivity index (χ3n) is 6.79. The molecule has 35 heavy (non-hydrogen) atoms. The molecule has 0 aromatic carbocycles. The number of aromatic nitrogens is 4. The van der Waals surface area contributed by atoms with Crippen LogP contribution in [0, 0.1) is 11.8 Å². The molecule has 4 rings (SSSR count). The van der Waals surface area contributed by atoms with Gasteiger partial charge in [0.25, 0.3) is 0 Å². The average molecular weight is 480 g/mol. The Morgan fingerprint density at radius 2 is 2.11 bits per heavy atom. The standard InChI is InChI=1S/C26H37N7O2/c1-4-19-15-30-33-23(29-14-18-8-7-11-28-13-18)12-22(32-25(19)33)31-21-10-6-5-9-20(21)16-35-26(34)24(27)17(2)3/h7-8,11-13,15,17,20-21,24,29H,4-6,9-10,14,16,27H2,1-3H3,(H,31,32)/t20-,21-,24+/m0/s1. The molecule has 0 aliphatic heterocycles. The lowest BCUT2D eigenvalue weighted by Gasteiger charge is -2.32. The largest absolute Gasteiger partial charge is 0.464 e. The number of nitrogens with one attached hydrogen (secondary N) is 2. The Morgan fingerprint density at radius 3 is 2.86 bits per heavy atom. The predicted octanol–water partition coefficient (Wildman–Crippen LogP) is 3.80. The van der Waals surface area contributed by atoms with Gasteiger partial charge in [0.05, 0.1) is 12.8 Å². The third kappa shape index (κ3) is 6.08. The van der Waals surface area contributed by atoms with Crippen molar-refractivity contribution in [2.75, 3.05) is 17.2 Å². The summed E-state index contributed by atoms with van der Waals surface area (Å²) in [6.07, 6.45) is 10.6. The Morgan fingerprint density at radius 1 is 1.29 bits per heavy atom. The van der Waals surface area contributed by atoms with Crippen LogP contribution >= 0.6 is 0 Å². The maximum absolute atomic E-state index is 12.3. The minimum atomic E-state index is -0.586. The second kappa shape index (κ2) is 11.5. The number of carbonyl (C=O) groups excluding carboxylic acids is 1. The second-order valence-corrected chi connectivity index (χ2v) is 9.70. The van der Waals surface area contributed by atoms with Gasteiger partial charge >= 0.3 is 5.97 Å². The summed E-state index contributed by atoms with van der Waals surface area (Å²) in [4.78, 5) is 21.4. The Kier molecular flexibility index (Phi) is 8.17. The summed E-state index contributed by atoms with van der Waals surface area (Å²) in [5.74, 6) is 1.61. The van der Waals surface area contributed by atoms with Gasteiger partial charge in [0.2, 0.25) is 0 Å². The quantitative estimate of drug-likeness (QED) is 0.376. The summed E-state index contributed by atoms with van der Waals surface area (Å²) in [5.41, 5.74) is 8.99. The number of fused-ring (bicyclic) bond motifs is 1. The molecule has 1 aliphatic carbocycles. The van der Waals surface area contributed by atoms with Crippen LogP contribution in [-0.2, 0) is 22.5 Å². The zero-order valence-corrected chi connectivity index (χ0v) is 20.9. The minimum absolute atomic E-state index is 0.0553. The highest BCUT2D eigenvalue weighted by Gasteiger charge is 2.28. The number of hydrogen-bond acceptors (Lipinski definition) is 8. The van der Waals surface area contributed by atoms with E-state index in [-0.39, 0.29) is 23.8 Å². The molecule has 3 heterocycles. The normalized spacial score (nSPS) is 19.0. The molecule has 0 spiro atoms. The molecule has 0 amide bonds. The monoisotopic (exact) mass is 479 g/mol. The molecule has 1 fully saturated rings. The van der Waals surface area contributed by atoms with Gasteiger partial charge in [-0.25, -0.2) is 4.98 Å². The number of ether oxygens (including phenoxy) is 1. The third-order valence-corrected chi connectivity index (χ3v) is 6.79. The lowest BCUT2D eigenvalue weighted by atomic mass is 9.85. The van der Waals surface area contributed by atoms with Gasteiger partial charge in [-0.3, -0.25) is 9.78 Å². The maximum atomic E-state index is 12.3. The van der Waals surface area contributed by atoms with E-state index in [0.29, 0.717) is 13.2 Å². The van der Waals surface area contributed by atoms with Crippen LogP contribution in [0.15, 0.2) is 36.8 Å². The summed E-state index contributed by atoms with van der Waals surface area (Å²) in [5, 5.41) is 11.7. The van der Waals surface area contributed by atoms with E-state index in [2.05, 4.69) is 27.6 Å². The Bertz CT molecular complexity index is 1120. The fraction of sp³-hybridized carbons (Fsp3) is 0.538. The summed E-state index contributed by atoms with van der Waals surface area (Å²) >= 11 is 0. The molecular formula is C26H37N7O2. The molecule has 0 bridgehead atoms. The molecule has 188 valence electrons. The molecule has 0 unspecified atom stereocenters. The first-order valence-corrected chi connectivity index (χ1v) is 12.7. The van der Waals surface area contributed by atoms with Crippen molar-refractivity contribution in [1.82, 2.24) is 19.6 Å². The van der Waals surface area contributed by atoms with Gasteiger partial charge in [-0.05, 0) is 36.8 Å². The van der Waals surface area contributed by atoms with E-state index in [9.17, 15) is 4.79 Å². The van der Waals surface area contributed by atoms with Crippen molar-refractivity contribution in [2.24, 2.45) is 17.6 Å². The molecule has 3 aromatic heterocycles.